The predicted octanol–water partition coefficient (Wildman–Crippen LogP) is 3.07. The molecule has 130 valence electrons. The second kappa shape index (κ2) is 11.9. The molecule has 0 aromatic heterocycles. The van der Waals surface area contributed by atoms with E-state index < -0.39 is 12.0 Å². The lowest BCUT2D eigenvalue weighted by molar-refractivity contribution is -0.142. The van der Waals surface area contributed by atoms with Gasteiger partial charge in [0.1, 0.15) is 11.8 Å². The van der Waals surface area contributed by atoms with Gasteiger partial charge in [-0.05, 0) is 25.7 Å². The Kier molecular flexibility index (Phi) is 10.00. The van der Waals surface area contributed by atoms with Crippen LogP contribution in [0.25, 0.3) is 0 Å². The molecule has 1 aliphatic rings. The number of carbonyl (C=O) groups excluding carboxylic acids is 3. The molecule has 5 nitrogen and oxygen atoms in total. The molecule has 1 N–H and O–H groups in total. The Hall–Kier alpha value is -1.65. The molecule has 0 bridgehead atoms. The minimum absolute atomic E-state index is 0.0785. The summed E-state index contributed by atoms with van der Waals surface area (Å²) in [5.74, 6) is -0.870. The third-order valence-corrected chi connectivity index (χ3v) is 3.85. The Bertz CT molecular complexity index is 417. The monoisotopic (exact) mass is 323 g/mol. The number of Topliss-reactive ketones (excluding diaryl/α,β-unsaturated/α-hetero) is 1. The van der Waals surface area contributed by atoms with Gasteiger partial charge in [-0.15, -0.1) is 0 Å². The molecule has 5 heteroatoms. The fourth-order valence-corrected chi connectivity index (χ4v) is 2.48. The van der Waals surface area contributed by atoms with Gasteiger partial charge < -0.3 is 10.1 Å². The van der Waals surface area contributed by atoms with E-state index in [-0.39, 0.29) is 18.1 Å². The SMILES string of the molecule is CCCCCCC=CCCCC(=O)CC(=O)N[C@H]1CCOC1=O. The number of ether oxygens (including phenoxy) is 1. The Morgan fingerprint density at radius 1 is 1.17 bits per heavy atom. The van der Waals surface area contributed by atoms with Crippen molar-refractivity contribution in [2.75, 3.05) is 6.61 Å². The van der Waals surface area contributed by atoms with E-state index >= 15 is 0 Å². The van der Waals surface area contributed by atoms with Crippen molar-refractivity contribution in [1.29, 1.82) is 0 Å². The number of esters is 1. The topological polar surface area (TPSA) is 72.5 Å². The number of hydrogen-bond donors (Lipinski definition) is 1. The quantitative estimate of drug-likeness (QED) is 0.259. The first kappa shape index (κ1) is 19.4. The first-order valence-electron chi connectivity index (χ1n) is 8.76. The van der Waals surface area contributed by atoms with Crippen LogP contribution in [-0.4, -0.2) is 30.3 Å². The van der Waals surface area contributed by atoms with Gasteiger partial charge >= 0.3 is 5.97 Å². The number of ketones is 1. The molecule has 0 aromatic carbocycles. The average Bonchev–Trinajstić information content (AvgIpc) is 2.90. The molecule has 1 amide bonds. The maximum absolute atomic E-state index is 11.7. The number of carbonyl (C=O) groups is 3. The molecule has 0 saturated carbocycles. The number of amides is 1. The van der Waals surface area contributed by atoms with E-state index in [0.29, 0.717) is 19.4 Å². The van der Waals surface area contributed by atoms with Crippen LogP contribution in [0.2, 0.25) is 0 Å². The smallest absolute Gasteiger partial charge is 0.328 e. The Labute approximate surface area is 138 Å². The summed E-state index contributed by atoms with van der Waals surface area (Å²) in [6.07, 6.45) is 12.8. The van der Waals surface area contributed by atoms with E-state index in [1.165, 1.54) is 25.7 Å². The van der Waals surface area contributed by atoms with Crippen LogP contribution >= 0.6 is 0 Å². The van der Waals surface area contributed by atoms with Crippen molar-refractivity contribution in [2.24, 2.45) is 0 Å². The minimum Gasteiger partial charge on any atom is -0.464 e. The molecular formula is C18H29NO4. The van der Waals surface area contributed by atoms with Crippen molar-refractivity contribution in [1.82, 2.24) is 5.32 Å². The Balaban J connectivity index is 2.02. The van der Waals surface area contributed by atoms with E-state index in [9.17, 15) is 14.4 Å². The fourth-order valence-electron chi connectivity index (χ4n) is 2.48. The lowest BCUT2D eigenvalue weighted by atomic mass is 10.1. The third kappa shape index (κ3) is 9.16. The van der Waals surface area contributed by atoms with Gasteiger partial charge in [-0.25, -0.2) is 4.79 Å². The van der Waals surface area contributed by atoms with Crippen LogP contribution in [0.1, 0.15) is 71.1 Å². The summed E-state index contributed by atoms with van der Waals surface area (Å²) in [4.78, 5) is 34.6. The summed E-state index contributed by atoms with van der Waals surface area (Å²) < 4.78 is 4.76. The molecule has 0 spiro atoms. The van der Waals surface area contributed by atoms with Crippen molar-refractivity contribution >= 4 is 17.7 Å². The average molecular weight is 323 g/mol. The molecule has 1 rings (SSSR count). The van der Waals surface area contributed by atoms with E-state index in [1.807, 2.05) is 0 Å². The third-order valence-electron chi connectivity index (χ3n) is 3.85. The molecule has 1 heterocycles. The van der Waals surface area contributed by atoms with E-state index in [1.54, 1.807) is 0 Å². The van der Waals surface area contributed by atoms with Crippen LogP contribution in [0, 0.1) is 0 Å². The summed E-state index contributed by atoms with van der Waals surface area (Å²) in [5.41, 5.74) is 0. The van der Waals surface area contributed by atoms with E-state index in [0.717, 1.165) is 19.3 Å². The second-order valence-electron chi connectivity index (χ2n) is 6.00. The number of allylic oxidation sites excluding steroid dienone is 2. The van der Waals surface area contributed by atoms with Gasteiger partial charge in [-0.3, -0.25) is 9.59 Å². The zero-order valence-electron chi connectivity index (χ0n) is 14.1. The molecule has 1 fully saturated rings. The van der Waals surface area contributed by atoms with Crippen LogP contribution in [0.5, 0.6) is 0 Å². The van der Waals surface area contributed by atoms with Gasteiger partial charge in [-0.2, -0.15) is 0 Å². The lowest BCUT2D eigenvalue weighted by Gasteiger charge is -2.07. The van der Waals surface area contributed by atoms with E-state index in [4.69, 9.17) is 4.74 Å². The van der Waals surface area contributed by atoms with Gasteiger partial charge in [-0.1, -0.05) is 38.3 Å². The highest BCUT2D eigenvalue weighted by atomic mass is 16.5. The van der Waals surface area contributed by atoms with Gasteiger partial charge in [0, 0.05) is 12.8 Å². The molecule has 1 atom stereocenters. The lowest BCUT2D eigenvalue weighted by Crippen LogP contribution is -2.38. The van der Waals surface area contributed by atoms with Crippen LogP contribution in [0.15, 0.2) is 12.2 Å². The summed E-state index contributed by atoms with van der Waals surface area (Å²) in [7, 11) is 0. The molecule has 0 unspecified atom stereocenters. The molecule has 0 radical (unpaired) electrons. The van der Waals surface area contributed by atoms with Gasteiger partial charge in [0.05, 0.1) is 13.0 Å². The number of cyclic esters (lactones) is 1. The molecule has 1 saturated heterocycles. The highest BCUT2D eigenvalue weighted by molar-refractivity contribution is 5.99. The predicted molar refractivity (Wildman–Crippen MR) is 88.9 cm³/mol. The zero-order valence-corrected chi connectivity index (χ0v) is 14.1. The first-order chi connectivity index (χ1) is 11.1. The normalized spacial score (nSPS) is 17.4. The molecular weight excluding hydrogens is 294 g/mol. The first-order valence-corrected chi connectivity index (χ1v) is 8.76. The summed E-state index contributed by atoms with van der Waals surface area (Å²) in [5, 5.41) is 2.55. The molecule has 0 aromatic rings. The van der Waals surface area contributed by atoms with E-state index in [2.05, 4.69) is 24.4 Å². The minimum atomic E-state index is -0.578. The number of nitrogens with one attached hydrogen (secondary N) is 1. The van der Waals surface area contributed by atoms with Crippen molar-refractivity contribution in [3.8, 4) is 0 Å². The Morgan fingerprint density at radius 3 is 2.57 bits per heavy atom. The van der Waals surface area contributed by atoms with Gasteiger partial charge in [0.25, 0.3) is 0 Å². The standard InChI is InChI=1S/C18H29NO4/c1-2-3-4-5-6-7-8-9-10-11-15(20)14-17(21)19-16-12-13-23-18(16)22/h7-8,16H,2-6,9-14H2,1H3,(H,19,21)/t16-/m0/s1. The summed E-state index contributed by atoms with van der Waals surface area (Å²) >= 11 is 0. The maximum atomic E-state index is 11.7. The van der Waals surface area contributed by atoms with Crippen molar-refractivity contribution in [2.45, 2.75) is 77.2 Å². The van der Waals surface area contributed by atoms with Crippen molar-refractivity contribution < 1.29 is 19.1 Å². The second-order valence-corrected chi connectivity index (χ2v) is 6.00. The molecule has 1 aliphatic heterocycles. The number of rotatable bonds is 12. The number of hydrogen-bond acceptors (Lipinski definition) is 4. The molecule has 0 aliphatic carbocycles. The van der Waals surface area contributed by atoms with Crippen LogP contribution in [-0.2, 0) is 19.1 Å². The highest BCUT2D eigenvalue weighted by Gasteiger charge is 2.28. The van der Waals surface area contributed by atoms with Crippen LogP contribution in [0.4, 0.5) is 0 Å². The van der Waals surface area contributed by atoms with Gasteiger partial charge in [0.15, 0.2) is 0 Å². The van der Waals surface area contributed by atoms with Crippen LogP contribution < -0.4 is 5.32 Å². The Morgan fingerprint density at radius 2 is 1.91 bits per heavy atom. The summed E-state index contributed by atoms with van der Waals surface area (Å²) in [6, 6.07) is -0.578. The zero-order chi connectivity index (χ0) is 16.9. The van der Waals surface area contributed by atoms with Crippen molar-refractivity contribution in [3.05, 3.63) is 12.2 Å². The van der Waals surface area contributed by atoms with Crippen molar-refractivity contribution in [3.63, 3.8) is 0 Å². The summed E-state index contributed by atoms with van der Waals surface area (Å²) in [6.45, 7) is 2.54. The fraction of sp³-hybridized carbons (Fsp3) is 0.722. The molecule has 23 heavy (non-hydrogen) atoms. The largest absolute Gasteiger partial charge is 0.464 e. The number of unbranched alkanes of at least 4 members (excludes halogenated alkanes) is 5. The highest BCUT2D eigenvalue weighted by Crippen LogP contribution is 2.07. The van der Waals surface area contributed by atoms with Gasteiger partial charge in [0.2, 0.25) is 5.91 Å². The maximum Gasteiger partial charge on any atom is 0.328 e. The van der Waals surface area contributed by atoms with Crippen LogP contribution in [0.3, 0.4) is 0 Å².